The highest BCUT2D eigenvalue weighted by molar-refractivity contribution is 5.92. The number of benzene rings is 1. The summed E-state index contributed by atoms with van der Waals surface area (Å²) in [6.07, 6.45) is 4.62. The Morgan fingerprint density at radius 3 is 2.17 bits per heavy atom. The molecule has 1 aromatic carbocycles. The van der Waals surface area contributed by atoms with Gasteiger partial charge in [-0.3, -0.25) is 14.4 Å². The third-order valence-corrected chi connectivity index (χ3v) is 3.30. The molecule has 0 saturated heterocycles. The van der Waals surface area contributed by atoms with Crippen LogP contribution in [0.5, 0.6) is 0 Å². The van der Waals surface area contributed by atoms with Crippen LogP contribution in [-0.4, -0.2) is 29.4 Å². The first-order valence-electron chi connectivity index (χ1n) is 7.56. The Balaban J connectivity index is 2.58. The van der Waals surface area contributed by atoms with Crippen LogP contribution in [0, 0.1) is 5.92 Å². The van der Waals surface area contributed by atoms with Gasteiger partial charge in [0.1, 0.15) is 6.54 Å². The fourth-order valence-electron chi connectivity index (χ4n) is 2.09. The van der Waals surface area contributed by atoms with Crippen molar-refractivity contribution in [2.75, 3.05) is 11.9 Å². The first kappa shape index (κ1) is 19.2. The van der Waals surface area contributed by atoms with Gasteiger partial charge in [-0.05, 0) is 30.5 Å². The molecular formula is C18H22N2O4. The van der Waals surface area contributed by atoms with E-state index in [1.807, 2.05) is 0 Å². The van der Waals surface area contributed by atoms with Gasteiger partial charge in [0.2, 0.25) is 11.8 Å². The van der Waals surface area contributed by atoms with Crippen LogP contribution in [-0.2, 0) is 20.8 Å². The van der Waals surface area contributed by atoms with Crippen molar-refractivity contribution in [1.29, 1.82) is 0 Å². The van der Waals surface area contributed by atoms with E-state index in [1.54, 1.807) is 36.4 Å². The maximum Gasteiger partial charge on any atom is 0.322 e. The van der Waals surface area contributed by atoms with Crippen LogP contribution in [0.4, 0.5) is 5.69 Å². The standard InChI is InChI=1S/C18H22N2O4/c1-3-5-14(6-4-2)18(24)20-15-9-7-13(8-10-15)11-16(21)19-12-17(22)23/h3-4,7-10,14H,1-2,5-6,11-12H2,(H,19,21)(H,20,24)(H,22,23). The number of hydrogen-bond donors (Lipinski definition) is 3. The number of rotatable bonds is 10. The lowest BCUT2D eigenvalue weighted by molar-refractivity contribution is -0.137. The lowest BCUT2D eigenvalue weighted by atomic mass is 10.0. The normalized spacial score (nSPS) is 10.0. The van der Waals surface area contributed by atoms with Gasteiger partial charge in [0.25, 0.3) is 0 Å². The third-order valence-electron chi connectivity index (χ3n) is 3.30. The van der Waals surface area contributed by atoms with Gasteiger partial charge in [-0.15, -0.1) is 13.2 Å². The molecule has 0 saturated carbocycles. The monoisotopic (exact) mass is 330 g/mol. The summed E-state index contributed by atoms with van der Waals surface area (Å²) < 4.78 is 0. The predicted molar refractivity (Wildman–Crippen MR) is 92.5 cm³/mol. The van der Waals surface area contributed by atoms with Crippen molar-refractivity contribution in [3.63, 3.8) is 0 Å². The second kappa shape index (κ2) is 9.99. The van der Waals surface area contributed by atoms with Gasteiger partial charge in [-0.1, -0.05) is 24.3 Å². The summed E-state index contributed by atoms with van der Waals surface area (Å²) in [5, 5.41) is 13.6. The van der Waals surface area contributed by atoms with Gasteiger partial charge >= 0.3 is 5.97 Å². The van der Waals surface area contributed by atoms with Gasteiger partial charge in [0.05, 0.1) is 6.42 Å². The largest absolute Gasteiger partial charge is 0.480 e. The van der Waals surface area contributed by atoms with Crippen LogP contribution in [0.1, 0.15) is 18.4 Å². The molecule has 0 heterocycles. The lowest BCUT2D eigenvalue weighted by Gasteiger charge is -2.13. The molecule has 0 aliphatic carbocycles. The lowest BCUT2D eigenvalue weighted by Crippen LogP contribution is -2.30. The zero-order valence-corrected chi connectivity index (χ0v) is 13.5. The van der Waals surface area contributed by atoms with Crippen molar-refractivity contribution in [3.8, 4) is 0 Å². The van der Waals surface area contributed by atoms with E-state index in [0.29, 0.717) is 18.5 Å². The molecule has 0 unspecified atom stereocenters. The van der Waals surface area contributed by atoms with Crippen molar-refractivity contribution in [2.24, 2.45) is 5.92 Å². The number of carbonyl (C=O) groups is 3. The number of carboxylic acid groups (broad SMARTS) is 1. The minimum absolute atomic E-state index is 0.0804. The summed E-state index contributed by atoms with van der Waals surface area (Å²) in [7, 11) is 0. The van der Waals surface area contributed by atoms with Gasteiger partial charge in [0.15, 0.2) is 0 Å². The van der Waals surface area contributed by atoms with E-state index < -0.39 is 12.5 Å². The van der Waals surface area contributed by atoms with E-state index in [9.17, 15) is 14.4 Å². The van der Waals surface area contributed by atoms with Crippen molar-refractivity contribution in [3.05, 3.63) is 55.1 Å². The number of anilines is 1. The van der Waals surface area contributed by atoms with Crippen LogP contribution in [0.25, 0.3) is 0 Å². The topological polar surface area (TPSA) is 95.5 Å². The number of nitrogens with one attached hydrogen (secondary N) is 2. The number of carbonyl (C=O) groups excluding carboxylic acids is 2. The number of amides is 2. The molecule has 0 spiro atoms. The Bertz CT molecular complexity index is 598. The molecule has 6 heteroatoms. The number of aliphatic carboxylic acids is 1. The smallest absolute Gasteiger partial charge is 0.322 e. The van der Waals surface area contributed by atoms with Crippen LogP contribution >= 0.6 is 0 Å². The molecule has 128 valence electrons. The fraction of sp³-hybridized carbons (Fsp3) is 0.278. The van der Waals surface area contributed by atoms with Gasteiger partial charge in [0, 0.05) is 11.6 Å². The van der Waals surface area contributed by atoms with Crippen molar-refractivity contribution in [2.45, 2.75) is 19.3 Å². The second-order valence-electron chi connectivity index (χ2n) is 5.28. The van der Waals surface area contributed by atoms with Crippen molar-refractivity contribution < 1.29 is 19.5 Å². The molecule has 1 rings (SSSR count). The minimum atomic E-state index is -1.09. The molecule has 0 atom stereocenters. The van der Waals surface area contributed by atoms with E-state index in [1.165, 1.54) is 0 Å². The molecule has 0 fully saturated rings. The quantitative estimate of drug-likeness (QED) is 0.573. The number of carboxylic acids is 1. The molecule has 6 nitrogen and oxygen atoms in total. The first-order valence-corrected chi connectivity index (χ1v) is 7.56. The Kier molecular flexibility index (Phi) is 7.98. The summed E-state index contributed by atoms with van der Waals surface area (Å²) in [4.78, 5) is 34.1. The molecule has 0 bridgehead atoms. The maximum atomic E-state index is 12.2. The number of allylic oxidation sites excluding steroid dienone is 2. The minimum Gasteiger partial charge on any atom is -0.480 e. The fourth-order valence-corrected chi connectivity index (χ4v) is 2.09. The maximum absolute atomic E-state index is 12.2. The molecule has 2 amide bonds. The summed E-state index contributed by atoms with van der Waals surface area (Å²) >= 11 is 0. The van der Waals surface area contributed by atoms with Gasteiger partial charge in [-0.2, -0.15) is 0 Å². The van der Waals surface area contributed by atoms with E-state index in [2.05, 4.69) is 23.8 Å². The molecule has 0 aliphatic rings. The molecule has 24 heavy (non-hydrogen) atoms. The highest BCUT2D eigenvalue weighted by Gasteiger charge is 2.15. The second-order valence-corrected chi connectivity index (χ2v) is 5.28. The molecule has 0 aromatic heterocycles. The van der Waals surface area contributed by atoms with Crippen molar-refractivity contribution in [1.82, 2.24) is 5.32 Å². The van der Waals surface area contributed by atoms with E-state index in [4.69, 9.17) is 5.11 Å². The van der Waals surface area contributed by atoms with Crippen LogP contribution in [0.2, 0.25) is 0 Å². The summed E-state index contributed by atoms with van der Waals surface area (Å²) in [6, 6.07) is 6.84. The summed E-state index contributed by atoms with van der Waals surface area (Å²) in [6.45, 7) is 6.89. The number of hydrogen-bond acceptors (Lipinski definition) is 3. The SMILES string of the molecule is C=CCC(CC=C)C(=O)Nc1ccc(CC(=O)NCC(=O)O)cc1. The average Bonchev–Trinajstić information content (AvgIpc) is 2.54. The molecular weight excluding hydrogens is 308 g/mol. The van der Waals surface area contributed by atoms with Gasteiger partial charge in [-0.25, -0.2) is 0 Å². The van der Waals surface area contributed by atoms with E-state index in [-0.39, 0.29) is 24.2 Å². The van der Waals surface area contributed by atoms with Crippen LogP contribution < -0.4 is 10.6 Å². The predicted octanol–water partition coefficient (Wildman–Crippen LogP) is 2.14. The molecule has 1 aromatic rings. The van der Waals surface area contributed by atoms with Crippen LogP contribution in [0.15, 0.2) is 49.6 Å². The summed E-state index contributed by atoms with van der Waals surface area (Å²) in [5.41, 5.74) is 1.36. The Morgan fingerprint density at radius 2 is 1.67 bits per heavy atom. The Hall–Kier alpha value is -2.89. The Morgan fingerprint density at radius 1 is 1.08 bits per heavy atom. The van der Waals surface area contributed by atoms with Gasteiger partial charge < -0.3 is 15.7 Å². The zero-order valence-electron chi connectivity index (χ0n) is 13.5. The molecule has 3 N–H and O–H groups in total. The third kappa shape index (κ3) is 6.91. The highest BCUT2D eigenvalue weighted by Crippen LogP contribution is 2.15. The molecule has 0 aliphatic heterocycles. The first-order chi connectivity index (χ1) is 11.5. The Labute approximate surface area is 141 Å². The van der Waals surface area contributed by atoms with Crippen molar-refractivity contribution >= 4 is 23.5 Å². The average molecular weight is 330 g/mol. The molecule has 0 radical (unpaired) electrons. The highest BCUT2D eigenvalue weighted by atomic mass is 16.4. The van der Waals surface area contributed by atoms with E-state index in [0.717, 1.165) is 5.56 Å². The summed E-state index contributed by atoms with van der Waals surface area (Å²) in [5.74, 6) is -1.77. The van der Waals surface area contributed by atoms with E-state index >= 15 is 0 Å². The van der Waals surface area contributed by atoms with Crippen LogP contribution in [0.3, 0.4) is 0 Å². The zero-order chi connectivity index (χ0) is 17.9.